The molecule has 2 aromatic rings. The fourth-order valence-electron chi connectivity index (χ4n) is 2.67. The molecule has 2 atom stereocenters. The lowest BCUT2D eigenvalue weighted by molar-refractivity contribution is -0.126. The number of ether oxygens (including phenoxy) is 1. The molecule has 0 aliphatic carbocycles. The molecule has 0 saturated carbocycles. The Labute approximate surface area is 143 Å². The second-order valence-corrected chi connectivity index (χ2v) is 6.53. The minimum absolute atomic E-state index is 0.0255. The second kappa shape index (κ2) is 6.82. The molecule has 1 aliphatic heterocycles. The Hall–Kier alpha value is -1.70. The van der Waals surface area contributed by atoms with Crippen molar-refractivity contribution in [2.75, 3.05) is 11.9 Å². The van der Waals surface area contributed by atoms with Gasteiger partial charge >= 0.3 is 0 Å². The van der Waals surface area contributed by atoms with E-state index in [4.69, 9.17) is 10.5 Å². The Kier molecular flexibility index (Phi) is 4.79. The van der Waals surface area contributed by atoms with E-state index in [1.807, 2.05) is 37.3 Å². The number of nitrogens with one attached hydrogen (secondary N) is 1. The van der Waals surface area contributed by atoms with Gasteiger partial charge in [-0.1, -0.05) is 22.0 Å². The minimum Gasteiger partial charge on any atom is -0.364 e. The summed E-state index contributed by atoms with van der Waals surface area (Å²) in [6.07, 6.45) is 1.04. The van der Waals surface area contributed by atoms with Crippen molar-refractivity contribution in [3.8, 4) is 5.69 Å². The van der Waals surface area contributed by atoms with Crippen molar-refractivity contribution in [3.63, 3.8) is 0 Å². The van der Waals surface area contributed by atoms with Crippen LogP contribution in [-0.4, -0.2) is 34.4 Å². The first-order valence-corrected chi connectivity index (χ1v) is 8.35. The van der Waals surface area contributed by atoms with E-state index in [0.717, 1.165) is 22.3 Å². The van der Waals surface area contributed by atoms with Gasteiger partial charge in [-0.3, -0.25) is 4.79 Å². The molecule has 0 spiro atoms. The number of rotatable bonds is 4. The summed E-state index contributed by atoms with van der Waals surface area (Å²) in [6.45, 7) is 2.33. The maximum absolute atomic E-state index is 12.4. The van der Waals surface area contributed by atoms with Crippen LogP contribution < -0.4 is 11.1 Å². The molecule has 0 unspecified atom stereocenters. The van der Waals surface area contributed by atoms with Gasteiger partial charge in [-0.25, -0.2) is 4.68 Å². The summed E-state index contributed by atoms with van der Waals surface area (Å²) in [4.78, 5) is 12.4. The Bertz CT molecular complexity index is 716. The van der Waals surface area contributed by atoms with Crippen LogP contribution in [0, 0.1) is 6.92 Å². The largest absolute Gasteiger partial charge is 0.364 e. The molecule has 0 radical (unpaired) electrons. The quantitative estimate of drug-likeness (QED) is 0.855. The first-order valence-electron chi connectivity index (χ1n) is 7.56. The Balaban J connectivity index is 1.80. The zero-order valence-corrected chi connectivity index (χ0v) is 14.4. The molecular formula is C16H19BrN4O2. The molecule has 6 nitrogen and oxygen atoms in total. The third-order valence-electron chi connectivity index (χ3n) is 3.80. The van der Waals surface area contributed by atoms with Crippen LogP contribution in [0.2, 0.25) is 0 Å². The maximum atomic E-state index is 12.4. The van der Waals surface area contributed by atoms with Gasteiger partial charge in [0.2, 0.25) is 0 Å². The van der Waals surface area contributed by atoms with Crippen LogP contribution in [0.1, 0.15) is 18.5 Å². The first kappa shape index (κ1) is 16.2. The molecule has 3 rings (SSSR count). The molecule has 122 valence electrons. The van der Waals surface area contributed by atoms with Crippen LogP contribution in [0.5, 0.6) is 0 Å². The molecule has 7 heteroatoms. The van der Waals surface area contributed by atoms with Crippen molar-refractivity contribution in [3.05, 3.63) is 40.5 Å². The average molecular weight is 379 g/mol. The van der Waals surface area contributed by atoms with Gasteiger partial charge in [0.15, 0.2) is 0 Å². The van der Waals surface area contributed by atoms with E-state index >= 15 is 0 Å². The minimum atomic E-state index is -0.449. The number of aryl methyl sites for hydroxylation is 1. The average Bonchev–Trinajstić information content (AvgIpc) is 3.14. The van der Waals surface area contributed by atoms with Crippen molar-refractivity contribution < 1.29 is 9.53 Å². The topological polar surface area (TPSA) is 82.2 Å². The smallest absolute Gasteiger partial charge is 0.254 e. The summed E-state index contributed by atoms with van der Waals surface area (Å²) in [7, 11) is 0. The normalized spacial score (nSPS) is 20.7. The molecule has 23 heavy (non-hydrogen) atoms. The third-order valence-corrected chi connectivity index (χ3v) is 4.29. The highest BCUT2D eigenvalue weighted by atomic mass is 79.9. The standard InChI is InChI=1S/C16H19BrN4O2/c1-10-7-15(19-16(22)14-6-5-13(9-18)23-14)21(20-10)12-4-2-3-11(17)8-12/h2-4,7-8,13-14H,5-6,9,18H2,1H3,(H,19,22)/t13-,14+/m1/s1. The number of halogens is 1. The predicted molar refractivity (Wildman–Crippen MR) is 91.6 cm³/mol. The van der Waals surface area contributed by atoms with Crippen LogP contribution in [0.25, 0.3) is 5.69 Å². The van der Waals surface area contributed by atoms with Crippen molar-refractivity contribution in [2.45, 2.75) is 32.0 Å². The third kappa shape index (κ3) is 3.63. The van der Waals surface area contributed by atoms with Crippen LogP contribution in [0.4, 0.5) is 5.82 Å². The summed E-state index contributed by atoms with van der Waals surface area (Å²) in [5.41, 5.74) is 7.29. The Morgan fingerprint density at radius 3 is 3.00 bits per heavy atom. The van der Waals surface area contributed by atoms with Gasteiger partial charge in [0.1, 0.15) is 11.9 Å². The number of nitrogens with zero attached hydrogens (tertiary/aromatic N) is 2. The van der Waals surface area contributed by atoms with Crippen LogP contribution in [-0.2, 0) is 9.53 Å². The fourth-order valence-corrected chi connectivity index (χ4v) is 3.06. The van der Waals surface area contributed by atoms with Gasteiger partial charge in [-0.05, 0) is 38.0 Å². The van der Waals surface area contributed by atoms with E-state index in [1.54, 1.807) is 4.68 Å². The van der Waals surface area contributed by atoms with Crippen molar-refractivity contribution >= 4 is 27.7 Å². The van der Waals surface area contributed by atoms with Crippen molar-refractivity contribution in [1.29, 1.82) is 0 Å². The van der Waals surface area contributed by atoms with Crippen LogP contribution in [0.15, 0.2) is 34.8 Å². The number of hydrogen-bond acceptors (Lipinski definition) is 4. The van der Waals surface area contributed by atoms with Crippen molar-refractivity contribution in [2.24, 2.45) is 5.73 Å². The molecule has 1 aliphatic rings. The fraction of sp³-hybridized carbons (Fsp3) is 0.375. The van der Waals surface area contributed by atoms with E-state index in [2.05, 4.69) is 26.3 Å². The first-order chi connectivity index (χ1) is 11.1. The van der Waals surface area contributed by atoms with Gasteiger partial charge in [-0.2, -0.15) is 5.10 Å². The number of amides is 1. The second-order valence-electron chi connectivity index (χ2n) is 5.61. The van der Waals surface area contributed by atoms with Crippen LogP contribution in [0.3, 0.4) is 0 Å². The van der Waals surface area contributed by atoms with E-state index in [0.29, 0.717) is 18.8 Å². The highest BCUT2D eigenvalue weighted by Crippen LogP contribution is 2.23. The monoisotopic (exact) mass is 378 g/mol. The van der Waals surface area contributed by atoms with Gasteiger partial charge in [0.05, 0.1) is 17.5 Å². The van der Waals surface area contributed by atoms with E-state index in [9.17, 15) is 4.79 Å². The Morgan fingerprint density at radius 1 is 1.48 bits per heavy atom. The van der Waals surface area contributed by atoms with Gasteiger partial charge in [0.25, 0.3) is 5.91 Å². The number of nitrogens with two attached hydrogens (primary N) is 1. The summed E-state index contributed by atoms with van der Waals surface area (Å²) in [6, 6.07) is 9.58. The number of hydrogen-bond donors (Lipinski definition) is 2. The predicted octanol–water partition coefficient (Wildman–Crippen LogP) is 2.39. The molecule has 3 N–H and O–H groups in total. The zero-order chi connectivity index (χ0) is 16.4. The summed E-state index contributed by atoms with van der Waals surface area (Å²) >= 11 is 3.45. The maximum Gasteiger partial charge on any atom is 0.254 e. The highest BCUT2D eigenvalue weighted by Gasteiger charge is 2.30. The number of aromatic nitrogens is 2. The summed E-state index contributed by atoms with van der Waals surface area (Å²) in [5.74, 6) is 0.475. The zero-order valence-electron chi connectivity index (χ0n) is 12.8. The van der Waals surface area contributed by atoms with Gasteiger partial charge in [-0.15, -0.1) is 0 Å². The lowest BCUT2D eigenvalue weighted by atomic mass is 10.2. The van der Waals surface area contributed by atoms with E-state index < -0.39 is 6.10 Å². The lowest BCUT2D eigenvalue weighted by Crippen LogP contribution is -2.30. The molecular weight excluding hydrogens is 360 g/mol. The summed E-state index contributed by atoms with van der Waals surface area (Å²) in [5, 5.41) is 7.37. The molecule has 1 aromatic carbocycles. The van der Waals surface area contributed by atoms with Crippen molar-refractivity contribution in [1.82, 2.24) is 9.78 Å². The lowest BCUT2D eigenvalue weighted by Gasteiger charge is -2.14. The summed E-state index contributed by atoms with van der Waals surface area (Å²) < 4.78 is 8.31. The van der Waals surface area contributed by atoms with E-state index in [1.165, 1.54) is 0 Å². The van der Waals surface area contributed by atoms with Gasteiger partial charge in [0, 0.05) is 17.1 Å². The van der Waals surface area contributed by atoms with Crippen LogP contribution >= 0.6 is 15.9 Å². The van der Waals surface area contributed by atoms with E-state index in [-0.39, 0.29) is 12.0 Å². The highest BCUT2D eigenvalue weighted by molar-refractivity contribution is 9.10. The molecule has 1 amide bonds. The number of carbonyl (C=O) groups excluding carboxylic acids is 1. The molecule has 1 fully saturated rings. The number of anilines is 1. The molecule has 2 heterocycles. The molecule has 1 aromatic heterocycles. The number of benzene rings is 1. The molecule has 1 saturated heterocycles. The Morgan fingerprint density at radius 2 is 2.30 bits per heavy atom. The molecule has 0 bridgehead atoms. The van der Waals surface area contributed by atoms with Gasteiger partial charge < -0.3 is 15.8 Å². The SMILES string of the molecule is Cc1cc(NC(=O)[C@@H]2CC[C@H](CN)O2)n(-c2cccc(Br)c2)n1. The number of carbonyl (C=O) groups is 1.